The molecule has 1 amide bonds. The SMILES string of the molecule is Cc1nc(Nc2nc(-c3ccc4c(c3)NC(=O)CO4)cs2)nc2c1CCCC2. The maximum absolute atomic E-state index is 11.5. The molecule has 0 atom stereocenters. The summed E-state index contributed by atoms with van der Waals surface area (Å²) in [5, 5.41) is 8.79. The van der Waals surface area contributed by atoms with Crippen LogP contribution in [0.4, 0.5) is 16.8 Å². The van der Waals surface area contributed by atoms with Crippen LogP contribution in [0.3, 0.4) is 0 Å². The Morgan fingerprint density at radius 2 is 2.07 bits per heavy atom. The van der Waals surface area contributed by atoms with Crippen LogP contribution >= 0.6 is 11.3 Å². The number of aromatic nitrogens is 3. The number of fused-ring (bicyclic) bond motifs is 2. The number of carbonyl (C=O) groups excluding carboxylic acids is 1. The predicted molar refractivity (Wildman–Crippen MR) is 108 cm³/mol. The Labute approximate surface area is 166 Å². The van der Waals surface area contributed by atoms with Crippen molar-refractivity contribution in [2.75, 3.05) is 17.2 Å². The Hall–Kier alpha value is -3.00. The van der Waals surface area contributed by atoms with Gasteiger partial charge in [0, 0.05) is 22.3 Å². The van der Waals surface area contributed by atoms with E-state index in [1.807, 2.05) is 30.5 Å². The average molecular weight is 393 g/mol. The molecule has 0 saturated heterocycles. The summed E-state index contributed by atoms with van der Waals surface area (Å²) in [6.07, 6.45) is 4.48. The van der Waals surface area contributed by atoms with Crippen molar-refractivity contribution in [3.8, 4) is 17.0 Å². The fraction of sp³-hybridized carbons (Fsp3) is 0.300. The van der Waals surface area contributed by atoms with Gasteiger partial charge < -0.3 is 15.4 Å². The van der Waals surface area contributed by atoms with E-state index < -0.39 is 0 Å². The van der Waals surface area contributed by atoms with E-state index >= 15 is 0 Å². The van der Waals surface area contributed by atoms with Gasteiger partial charge in [-0.05, 0) is 56.4 Å². The molecular weight excluding hydrogens is 374 g/mol. The van der Waals surface area contributed by atoms with Crippen molar-refractivity contribution >= 4 is 34.0 Å². The standard InChI is InChI=1S/C20H19N5O2S/c1-11-13-4-2-3-5-14(13)23-19(21-11)25-20-24-16(10-28-20)12-6-7-17-15(8-12)22-18(26)9-27-17/h6-8,10H,2-5,9H2,1H3,(H,22,26)(H,21,23,24,25). The first-order valence-electron chi connectivity index (χ1n) is 9.32. The third-order valence-electron chi connectivity index (χ3n) is 5.02. The highest BCUT2D eigenvalue weighted by molar-refractivity contribution is 7.14. The van der Waals surface area contributed by atoms with Crippen LogP contribution in [0.1, 0.15) is 29.8 Å². The summed E-state index contributed by atoms with van der Waals surface area (Å²) < 4.78 is 5.41. The molecule has 8 heteroatoms. The molecule has 0 saturated carbocycles. The van der Waals surface area contributed by atoms with Crippen LogP contribution in [0, 0.1) is 6.92 Å². The first kappa shape index (κ1) is 17.1. The minimum Gasteiger partial charge on any atom is -0.482 e. The first-order chi connectivity index (χ1) is 13.7. The zero-order valence-corrected chi connectivity index (χ0v) is 16.2. The van der Waals surface area contributed by atoms with Crippen LogP contribution < -0.4 is 15.4 Å². The van der Waals surface area contributed by atoms with Crippen LogP contribution in [0.15, 0.2) is 23.6 Å². The van der Waals surface area contributed by atoms with E-state index in [9.17, 15) is 4.79 Å². The average Bonchev–Trinajstić information content (AvgIpc) is 3.16. The fourth-order valence-corrected chi connectivity index (χ4v) is 4.35. The molecule has 3 heterocycles. The number of carbonyl (C=O) groups is 1. The van der Waals surface area contributed by atoms with Gasteiger partial charge in [-0.15, -0.1) is 11.3 Å². The quantitative estimate of drug-likeness (QED) is 0.702. The van der Waals surface area contributed by atoms with Crippen LogP contribution in [0.2, 0.25) is 0 Å². The van der Waals surface area contributed by atoms with Crippen LogP contribution in [0.5, 0.6) is 5.75 Å². The Kier molecular flexibility index (Phi) is 4.20. The van der Waals surface area contributed by atoms with E-state index in [4.69, 9.17) is 9.72 Å². The summed E-state index contributed by atoms with van der Waals surface area (Å²) in [7, 11) is 0. The highest BCUT2D eigenvalue weighted by Crippen LogP contribution is 2.34. The summed E-state index contributed by atoms with van der Waals surface area (Å²) in [6, 6.07) is 5.67. The number of ether oxygens (including phenoxy) is 1. The van der Waals surface area contributed by atoms with Crippen LogP contribution in [-0.4, -0.2) is 27.5 Å². The molecule has 3 aromatic rings. The molecule has 1 aliphatic carbocycles. The van der Waals surface area contributed by atoms with Crippen LogP contribution in [0.25, 0.3) is 11.3 Å². The third-order valence-corrected chi connectivity index (χ3v) is 5.78. The number of aryl methyl sites for hydroxylation is 2. The maximum atomic E-state index is 11.5. The number of hydrogen-bond acceptors (Lipinski definition) is 7. The number of hydrogen-bond donors (Lipinski definition) is 2. The highest BCUT2D eigenvalue weighted by Gasteiger charge is 2.18. The Morgan fingerprint density at radius 3 is 3.00 bits per heavy atom. The molecule has 2 aromatic heterocycles. The highest BCUT2D eigenvalue weighted by atomic mass is 32.1. The van der Waals surface area contributed by atoms with Gasteiger partial charge in [-0.3, -0.25) is 4.79 Å². The van der Waals surface area contributed by atoms with Gasteiger partial charge in [-0.1, -0.05) is 0 Å². The zero-order valence-electron chi connectivity index (χ0n) is 15.4. The topological polar surface area (TPSA) is 89.0 Å². The van der Waals surface area contributed by atoms with Gasteiger partial charge in [-0.25, -0.2) is 15.0 Å². The van der Waals surface area contributed by atoms with Crippen molar-refractivity contribution in [2.45, 2.75) is 32.6 Å². The van der Waals surface area contributed by atoms with Gasteiger partial charge in [0.1, 0.15) is 5.75 Å². The lowest BCUT2D eigenvalue weighted by atomic mass is 9.95. The summed E-state index contributed by atoms with van der Waals surface area (Å²) in [4.78, 5) is 25.5. The van der Waals surface area contributed by atoms with Crippen LogP contribution in [-0.2, 0) is 17.6 Å². The number of amides is 1. The maximum Gasteiger partial charge on any atom is 0.262 e. The lowest BCUT2D eigenvalue weighted by Crippen LogP contribution is -2.25. The van der Waals surface area contributed by atoms with Crippen molar-refractivity contribution in [1.82, 2.24) is 15.0 Å². The van der Waals surface area contributed by atoms with Crippen molar-refractivity contribution in [3.63, 3.8) is 0 Å². The number of anilines is 3. The van der Waals surface area contributed by atoms with E-state index in [0.717, 1.165) is 40.6 Å². The molecule has 1 aromatic carbocycles. The molecule has 2 aliphatic rings. The second-order valence-corrected chi connectivity index (χ2v) is 7.83. The molecule has 28 heavy (non-hydrogen) atoms. The number of nitrogens with one attached hydrogen (secondary N) is 2. The van der Waals surface area contributed by atoms with Gasteiger partial charge in [-0.2, -0.15) is 0 Å². The second kappa shape index (κ2) is 6.87. The smallest absolute Gasteiger partial charge is 0.262 e. The number of thiazole rings is 1. The summed E-state index contributed by atoms with van der Waals surface area (Å²) in [5.74, 6) is 1.13. The van der Waals surface area contributed by atoms with E-state index in [-0.39, 0.29) is 12.5 Å². The molecular formula is C20H19N5O2S. The van der Waals surface area contributed by atoms with Gasteiger partial charge in [0.05, 0.1) is 11.4 Å². The Balaban J connectivity index is 1.39. The lowest BCUT2D eigenvalue weighted by Gasteiger charge is -2.18. The van der Waals surface area contributed by atoms with Crippen molar-refractivity contribution < 1.29 is 9.53 Å². The van der Waals surface area contributed by atoms with Gasteiger partial charge in [0.25, 0.3) is 5.91 Å². The monoisotopic (exact) mass is 393 g/mol. The summed E-state index contributed by atoms with van der Waals surface area (Å²) in [5.41, 5.74) is 5.92. The molecule has 5 rings (SSSR count). The minimum absolute atomic E-state index is 0.0529. The van der Waals surface area contributed by atoms with Crippen molar-refractivity contribution in [2.24, 2.45) is 0 Å². The molecule has 1 aliphatic heterocycles. The number of rotatable bonds is 3. The molecule has 142 valence electrons. The van der Waals surface area contributed by atoms with Crippen molar-refractivity contribution in [1.29, 1.82) is 0 Å². The zero-order chi connectivity index (χ0) is 19.1. The molecule has 0 spiro atoms. The third kappa shape index (κ3) is 3.20. The van der Waals surface area contributed by atoms with E-state index in [1.165, 1.54) is 29.7 Å². The summed E-state index contributed by atoms with van der Waals surface area (Å²) in [6.45, 7) is 2.10. The molecule has 0 fully saturated rings. The van der Waals surface area contributed by atoms with Gasteiger partial charge in [0.2, 0.25) is 5.95 Å². The first-order valence-corrected chi connectivity index (χ1v) is 10.2. The normalized spacial score (nSPS) is 15.2. The Morgan fingerprint density at radius 1 is 1.18 bits per heavy atom. The number of nitrogens with zero attached hydrogens (tertiary/aromatic N) is 3. The lowest BCUT2D eigenvalue weighted by molar-refractivity contribution is -0.118. The minimum atomic E-state index is -0.148. The number of benzene rings is 1. The second-order valence-electron chi connectivity index (χ2n) is 6.98. The Bertz CT molecular complexity index is 1080. The molecule has 0 bridgehead atoms. The molecule has 0 unspecified atom stereocenters. The van der Waals surface area contributed by atoms with Crippen molar-refractivity contribution in [3.05, 3.63) is 40.5 Å². The molecule has 0 radical (unpaired) electrons. The molecule has 7 nitrogen and oxygen atoms in total. The van der Waals surface area contributed by atoms with E-state index in [0.29, 0.717) is 17.4 Å². The van der Waals surface area contributed by atoms with Gasteiger partial charge in [0.15, 0.2) is 11.7 Å². The predicted octanol–water partition coefficient (Wildman–Crippen LogP) is 3.86. The largest absolute Gasteiger partial charge is 0.482 e. The fourth-order valence-electron chi connectivity index (χ4n) is 3.64. The summed E-state index contributed by atoms with van der Waals surface area (Å²) >= 11 is 1.50. The molecule has 2 N–H and O–H groups in total. The van der Waals surface area contributed by atoms with E-state index in [2.05, 4.69) is 20.6 Å². The van der Waals surface area contributed by atoms with Gasteiger partial charge >= 0.3 is 0 Å². The van der Waals surface area contributed by atoms with E-state index in [1.54, 1.807) is 0 Å².